The van der Waals surface area contributed by atoms with E-state index in [2.05, 4.69) is 12.2 Å². The summed E-state index contributed by atoms with van der Waals surface area (Å²) in [6.07, 6.45) is 0.166. The third kappa shape index (κ3) is 4.35. The molecule has 0 aliphatic heterocycles. The summed E-state index contributed by atoms with van der Waals surface area (Å²) in [6.45, 7) is 6.57. The summed E-state index contributed by atoms with van der Waals surface area (Å²) >= 11 is 0. The monoisotopic (exact) mass is 297 g/mol. The molecule has 0 aliphatic carbocycles. The Morgan fingerprint density at radius 3 is 2.45 bits per heavy atom. The van der Waals surface area contributed by atoms with Crippen molar-refractivity contribution in [2.45, 2.75) is 39.8 Å². The Morgan fingerprint density at radius 2 is 1.82 bits per heavy atom. The maximum Gasteiger partial charge on any atom is 0.261 e. The van der Waals surface area contributed by atoms with Crippen molar-refractivity contribution < 1.29 is 9.53 Å². The number of benzene rings is 2. The van der Waals surface area contributed by atoms with Gasteiger partial charge in [0.1, 0.15) is 5.75 Å². The second-order valence-corrected chi connectivity index (χ2v) is 5.46. The maximum atomic E-state index is 12.3. The molecule has 0 unspecified atom stereocenters. The molecule has 1 N–H and O–H groups in total. The number of hydrogen-bond acceptors (Lipinski definition) is 2. The fourth-order valence-corrected chi connectivity index (χ4v) is 2.17. The Hall–Kier alpha value is -2.29. The zero-order chi connectivity index (χ0) is 15.9. The van der Waals surface area contributed by atoms with Crippen LogP contribution in [0, 0.1) is 13.8 Å². The van der Waals surface area contributed by atoms with Crippen LogP contribution in [0.1, 0.15) is 30.0 Å². The molecule has 0 saturated heterocycles. The van der Waals surface area contributed by atoms with Crippen LogP contribution in [0.2, 0.25) is 0 Å². The minimum absolute atomic E-state index is 0.0791. The van der Waals surface area contributed by atoms with Gasteiger partial charge >= 0.3 is 0 Å². The lowest BCUT2D eigenvalue weighted by molar-refractivity contribution is -0.128. The van der Waals surface area contributed by atoms with E-state index in [0.717, 1.165) is 16.9 Å². The Kier molecular flexibility index (Phi) is 5.59. The van der Waals surface area contributed by atoms with Crippen LogP contribution in [0.4, 0.5) is 0 Å². The van der Waals surface area contributed by atoms with Gasteiger partial charge in [-0.05, 0) is 49.1 Å². The number of ether oxygens (including phenoxy) is 1. The van der Waals surface area contributed by atoms with E-state index in [1.165, 1.54) is 5.56 Å². The molecule has 3 nitrogen and oxygen atoms in total. The summed E-state index contributed by atoms with van der Waals surface area (Å²) in [7, 11) is 0. The van der Waals surface area contributed by atoms with Crippen molar-refractivity contribution >= 4 is 5.91 Å². The predicted octanol–water partition coefficient (Wildman–Crippen LogP) is 3.78. The molecule has 0 heterocycles. The average Bonchev–Trinajstić information content (AvgIpc) is 2.54. The molecule has 2 rings (SSSR count). The van der Waals surface area contributed by atoms with Crippen molar-refractivity contribution in [3.8, 4) is 5.75 Å². The third-order valence-corrected chi connectivity index (χ3v) is 3.73. The zero-order valence-electron chi connectivity index (χ0n) is 13.4. The summed E-state index contributed by atoms with van der Waals surface area (Å²) in [5.74, 6) is 0.661. The van der Waals surface area contributed by atoms with Gasteiger partial charge in [-0.3, -0.25) is 4.79 Å². The van der Waals surface area contributed by atoms with E-state index in [4.69, 9.17) is 4.74 Å². The van der Waals surface area contributed by atoms with E-state index in [9.17, 15) is 4.79 Å². The van der Waals surface area contributed by atoms with E-state index in [0.29, 0.717) is 13.0 Å². The van der Waals surface area contributed by atoms with Gasteiger partial charge in [-0.15, -0.1) is 0 Å². The SMILES string of the molecule is CC[C@H](Oc1ccc(C)c(C)c1)C(=O)NCc1ccccc1. The molecule has 116 valence electrons. The normalized spacial score (nSPS) is 11.8. The molecule has 2 aromatic carbocycles. The van der Waals surface area contributed by atoms with Gasteiger partial charge in [-0.25, -0.2) is 0 Å². The fraction of sp³-hybridized carbons (Fsp3) is 0.316. The van der Waals surface area contributed by atoms with Crippen LogP contribution in [0.3, 0.4) is 0 Å². The number of rotatable bonds is 6. The smallest absolute Gasteiger partial charge is 0.261 e. The number of nitrogens with one attached hydrogen (secondary N) is 1. The topological polar surface area (TPSA) is 38.3 Å². The van der Waals surface area contributed by atoms with Gasteiger partial charge in [0, 0.05) is 6.54 Å². The number of amides is 1. The second kappa shape index (κ2) is 7.64. The highest BCUT2D eigenvalue weighted by Crippen LogP contribution is 2.18. The van der Waals surface area contributed by atoms with Crippen LogP contribution >= 0.6 is 0 Å². The predicted molar refractivity (Wildman–Crippen MR) is 88.9 cm³/mol. The molecule has 1 amide bonds. The molecule has 2 aromatic rings. The first-order chi connectivity index (χ1) is 10.6. The van der Waals surface area contributed by atoms with Crippen LogP contribution in [0.15, 0.2) is 48.5 Å². The van der Waals surface area contributed by atoms with Crippen LogP contribution in [0.5, 0.6) is 5.75 Å². The lowest BCUT2D eigenvalue weighted by Gasteiger charge is -2.18. The number of carbonyl (C=O) groups is 1. The van der Waals surface area contributed by atoms with Crippen LogP contribution in [-0.2, 0) is 11.3 Å². The fourth-order valence-electron chi connectivity index (χ4n) is 2.17. The van der Waals surface area contributed by atoms with Crippen LogP contribution < -0.4 is 10.1 Å². The number of aryl methyl sites for hydroxylation is 2. The summed E-state index contributed by atoms with van der Waals surface area (Å²) < 4.78 is 5.84. The van der Waals surface area contributed by atoms with E-state index in [-0.39, 0.29) is 5.91 Å². The second-order valence-electron chi connectivity index (χ2n) is 5.46. The molecule has 0 fully saturated rings. The molecule has 0 saturated carbocycles. The first-order valence-electron chi connectivity index (χ1n) is 7.65. The van der Waals surface area contributed by atoms with E-state index in [1.807, 2.05) is 62.4 Å². The standard InChI is InChI=1S/C19H23NO2/c1-4-18(22-17-11-10-14(2)15(3)12-17)19(21)20-13-16-8-6-5-7-9-16/h5-12,18H,4,13H2,1-3H3,(H,20,21)/t18-/m0/s1. The number of hydrogen-bond donors (Lipinski definition) is 1. The molecule has 22 heavy (non-hydrogen) atoms. The van der Waals surface area contributed by atoms with Crippen molar-refractivity contribution in [2.24, 2.45) is 0 Å². The van der Waals surface area contributed by atoms with Gasteiger partial charge in [0.25, 0.3) is 5.91 Å². The van der Waals surface area contributed by atoms with Gasteiger partial charge in [0.05, 0.1) is 0 Å². The van der Waals surface area contributed by atoms with Gasteiger partial charge in [0.15, 0.2) is 6.10 Å². The molecule has 0 spiro atoms. The summed E-state index contributed by atoms with van der Waals surface area (Å²) in [4.78, 5) is 12.3. The first kappa shape index (κ1) is 16.1. The lowest BCUT2D eigenvalue weighted by Crippen LogP contribution is -2.37. The van der Waals surface area contributed by atoms with Crippen molar-refractivity contribution in [2.75, 3.05) is 0 Å². The summed E-state index contributed by atoms with van der Waals surface area (Å²) in [6, 6.07) is 15.8. The van der Waals surface area contributed by atoms with E-state index in [1.54, 1.807) is 0 Å². The quantitative estimate of drug-likeness (QED) is 0.881. The Morgan fingerprint density at radius 1 is 1.09 bits per heavy atom. The summed E-state index contributed by atoms with van der Waals surface area (Å²) in [5.41, 5.74) is 3.46. The molecule has 3 heteroatoms. The van der Waals surface area contributed by atoms with Gasteiger partial charge in [-0.1, -0.05) is 43.3 Å². The largest absolute Gasteiger partial charge is 0.481 e. The van der Waals surface area contributed by atoms with Gasteiger partial charge < -0.3 is 10.1 Å². The highest BCUT2D eigenvalue weighted by atomic mass is 16.5. The molecular formula is C19H23NO2. The molecule has 0 aromatic heterocycles. The highest BCUT2D eigenvalue weighted by Gasteiger charge is 2.18. The molecular weight excluding hydrogens is 274 g/mol. The van der Waals surface area contributed by atoms with Crippen molar-refractivity contribution in [3.63, 3.8) is 0 Å². The first-order valence-corrected chi connectivity index (χ1v) is 7.65. The van der Waals surface area contributed by atoms with Crippen LogP contribution in [-0.4, -0.2) is 12.0 Å². The minimum atomic E-state index is -0.467. The molecule has 0 aliphatic rings. The van der Waals surface area contributed by atoms with Gasteiger partial charge in [-0.2, -0.15) is 0 Å². The summed E-state index contributed by atoms with van der Waals surface area (Å²) in [5, 5.41) is 2.93. The van der Waals surface area contributed by atoms with Crippen molar-refractivity contribution in [1.29, 1.82) is 0 Å². The lowest BCUT2D eigenvalue weighted by atomic mass is 10.1. The molecule has 1 atom stereocenters. The van der Waals surface area contributed by atoms with E-state index < -0.39 is 6.10 Å². The minimum Gasteiger partial charge on any atom is -0.481 e. The average molecular weight is 297 g/mol. The molecule has 0 radical (unpaired) electrons. The van der Waals surface area contributed by atoms with Gasteiger partial charge in [0.2, 0.25) is 0 Å². The third-order valence-electron chi connectivity index (χ3n) is 3.73. The number of carbonyl (C=O) groups excluding carboxylic acids is 1. The van der Waals surface area contributed by atoms with E-state index >= 15 is 0 Å². The zero-order valence-corrected chi connectivity index (χ0v) is 13.4. The van der Waals surface area contributed by atoms with Crippen LogP contribution in [0.25, 0.3) is 0 Å². The maximum absolute atomic E-state index is 12.3. The Labute approximate surface area is 132 Å². The van der Waals surface area contributed by atoms with Crippen molar-refractivity contribution in [1.82, 2.24) is 5.32 Å². The van der Waals surface area contributed by atoms with Crippen molar-refractivity contribution in [3.05, 3.63) is 65.2 Å². The molecule has 0 bridgehead atoms. The Balaban J connectivity index is 1.95. The highest BCUT2D eigenvalue weighted by molar-refractivity contribution is 5.81. The Bertz CT molecular complexity index is 623.